The van der Waals surface area contributed by atoms with Crippen molar-refractivity contribution in [2.45, 2.75) is 6.04 Å². The van der Waals surface area contributed by atoms with Crippen molar-refractivity contribution in [1.29, 1.82) is 0 Å². The van der Waals surface area contributed by atoms with Gasteiger partial charge in [-0.2, -0.15) is 0 Å². The first-order chi connectivity index (χ1) is 12.0. The summed E-state index contributed by atoms with van der Waals surface area (Å²) in [6, 6.07) is 13.0. The van der Waals surface area contributed by atoms with E-state index >= 15 is 0 Å². The number of hydrogen-bond acceptors (Lipinski definition) is 5. The summed E-state index contributed by atoms with van der Waals surface area (Å²) in [7, 11) is 2.43. The van der Waals surface area contributed by atoms with Crippen LogP contribution in [0.1, 0.15) is 11.6 Å². The Bertz CT molecular complexity index is 733. The normalized spacial score (nSPS) is 11.7. The Morgan fingerprint density at radius 2 is 1.48 bits per heavy atom. The van der Waals surface area contributed by atoms with Crippen LogP contribution in [0.2, 0.25) is 10.0 Å². The fraction of sp³-hybridized carbons (Fsp3) is 0.222. The molecule has 0 aliphatic heterocycles. The molecule has 0 spiro atoms. The lowest BCUT2D eigenvalue weighted by Gasteiger charge is -2.26. The minimum atomic E-state index is -1.23. The van der Waals surface area contributed by atoms with Crippen LogP contribution in [-0.4, -0.2) is 26.2 Å². The van der Waals surface area contributed by atoms with E-state index in [1.165, 1.54) is 14.2 Å². The Morgan fingerprint density at radius 3 is 2.00 bits per heavy atom. The number of hydrogen-bond donors (Lipinski definition) is 1. The molecule has 0 aliphatic rings. The molecule has 0 bridgehead atoms. The molecule has 2 rings (SSSR count). The molecule has 0 heterocycles. The quantitative estimate of drug-likeness (QED) is 0.602. The standard InChI is InChI=1S/C18H17Cl2NO4/c1-24-17(22)15(18(23)25-2)16(13-5-3-4-6-14(13)20)21-12-9-7-11(19)8-10-12/h3-10,15-16,21H,1-2H3. The molecule has 2 aromatic carbocycles. The number of carbonyl (C=O) groups is 2. The van der Waals surface area contributed by atoms with Gasteiger partial charge >= 0.3 is 11.9 Å². The number of ether oxygens (including phenoxy) is 2. The second kappa shape index (κ2) is 8.74. The molecule has 2 aromatic rings. The molecule has 1 N–H and O–H groups in total. The van der Waals surface area contributed by atoms with Crippen molar-refractivity contribution in [3.63, 3.8) is 0 Å². The minimum absolute atomic E-state index is 0.409. The van der Waals surface area contributed by atoms with E-state index in [1.54, 1.807) is 48.5 Å². The molecule has 0 saturated carbocycles. The van der Waals surface area contributed by atoms with Crippen LogP contribution in [0.4, 0.5) is 5.69 Å². The first kappa shape index (κ1) is 19.1. The Labute approximate surface area is 155 Å². The molecule has 0 aromatic heterocycles. The zero-order valence-corrected chi connectivity index (χ0v) is 15.2. The van der Waals surface area contributed by atoms with Crippen LogP contribution in [0.15, 0.2) is 48.5 Å². The monoisotopic (exact) mass is 381 g/mol. The zero-order valence-electron chi connectivity index (χ0n) is 13.7. The first-order valence-corrected chi connectivity index (χ1v) is 8.15. The van der Waals surface area contributed by atoms with Gasteiger partial charge in [0.25, 0.3) is 0 Å². The maximum Gasteiger partial charge on any atom is 0.322 e. The third kappa shape index (κ3) is 4.65. The van der Waals surface area contributed by atoms with E-state index in [9.17, 15) is 9.59 Å². The second-order valence-corrected chi connectivity index (χ2v) is 6.02. The van der Waals surface area contributed by atoms with E-state index in [1.807, 2.05) is 0 Å². The Morgan fingerprint density at radius 1 is 0.920 bits per heavy atom. The summed E-state index contributed by atoms with van der Waals surface area (Å²) in [5.41, 5.74) is 1.23. The molecule has 7 heteroatoms. The molecular weight excluding hydrogens is 365 g/mol. The van der Waals surface area contributed by atoms with E-state index in [2.05, 4.69) is 5.32 Å². The molecule has 0 fully saturated rings. The van der Waals surface area contributed by atoms with Gasteiger partial charge in [0.1, 0.15) is 0 Å². The lowest BCUT2D eigenvalue weighted by molar-refractivity contribution is -0.159. The largest absolute Gasteiger partial charge is 0.468 e. The van der Waals surface area contributed by atoms with E-state index in [0.717, 1.165) is 0 Å². The molecular formula is C18H17Cl2NO4. The lowest BCUT2D eigenvalue weighted by atomic mass is 9.92. The van der Waals surface area contributed by atoms with Gasteiger partial charge in [-0.3, -0.25) is 9.59 Å². The number of carbonyl (C=O) groups excluding carboxylic acids is 2. The highest BCUT2D eigenvalue weighted by Gasteiger charge is 2.39. The van der Waals surface area contributed by atoms with E-state index in [4.69, 9.17) is 32.7 Å². The van der Waals surface area contributed by atoms with Gasteiger partial charge < -0.3 is 14.8 Å². The van der Waals surface area contributed by atoms with Crippen molar-refractivity contribution in [2.24, 2.45) is 5.92 Å². The fourth-order valence-corrected chi connectivity index (χ4v) is 2.80. The summed E-state index contributed by atoms with van der Waals surface area (Å²) in [4.78, 5) is 24.5. The van der Waals surface area contributed by atoms with Crippen molar-refractivity contribution in [3.8, 4) is 0 Å². The van der Waals surface area contributed by atoms with Crippen LogP contribution in [0.25, 0.3) is 0 Å². The highest BCUT2D eigenvalue weighted by Crippen LogP contribution is 2.33. The van der Waals surface area contributed by atoms with Crippen molar-refractivity contribution >= 4 is 40.8 Å². The fourth-order valence-electron chi connectivity index (χ4n) is 2.42. The molecule has 25 heavy (non-hydrogen) atoms. The molecule has 1 atom stereocenters. The first-order valence-electron chi connectivity index (χ1n) is 7.40. The molecule has 0 saturated heterocycles. The average Bonchev–Trinajstić information content (AvgIpc) is 2.62. The predicted octanol–water partition coefficient (Wildman–Crippen LogP) is 4.11. The van der Waals surface area contributed by atoms with E-state index in [0.29, 0.717) is 21.3 Å². The number of halogens is 2. The number of methoxy groups -OCH3 is 2. The molecule has 1 unspecified atom stereocenters. The van der Waals surface area contributed by atoms with Gasteiger partial charge in [0.05, 0.1) is 20.3 Å². The van der Waals surface area contributed by atoms with Crippen molar-refractivity contribution in [3.05, 3.63) is 64.1 Å². The van der Waals surface area contributed by atoms with E-state index < -0.39 is 23.9 Å². The van der Waals surface area contributed by atoms with Crippen LogP contribution in [0.3, 0.4) is 0 Å². The number of rotatable bonds is 6. The van der Waals surface area contributed by atoms with Crippen LogP contribution >= 0.6 is 23.2 Å². The van der Waals surface area contributed by atoms with Gasteiger partial charge in [-0.1, -0.05) is 41.4 Å². The molecule has 0 aliphatic carbocycles. The molecule has 0 amide bonds. The summed E-state index contributed by atoms with van der Waals surface area (Å²) < 4.78 is 9.58. The van der Waals surface area contributed by atoms with Crippen molar-refractivity contribution in [1.82, 2.24) is 0 Å². The summed E-state index contributed by atoms with van der Waals surface area (Å²) in [5, 5.41) is 4.13. The maximum absolute atomic E-state index is 12.3. The van der Waals surface area contributed by atoms with Crippen molar-refractivity contribution < 1.29 is 19.1 Å². The molecule has 5 nitrogen and oxygen atoms in total. The summed E-state index contributed by atoms with van der Waals surface area (Å²) >= 11 is 12.2. The number of esters is 2. The highest BCUT2D eigenvalue weighted by molar-refractivity contribution is 6.31. The van der Waals surface area contributed by atoms with Gasteiger partial charge in [-0.05, 0) is 35.9 Å². The van der Waals surface area contributed by atoms with Crippen LogP contribution in [0, 0.1) is 5.92 Å². The van der Waals surface area contributed by atoms with Crippen LogP contribution in [0.5, 0.6) is 0 Å². The van der Waals surface area contributed by atoms with Gasteiger partial charge in [-0.25, -0.2) is 0 Å². The maximum atomic E-state index is 12.3. The lowest BCUT2D eigenvalue weighted by Crippen LogP contribution is -2.36. The van der Waals surface area contributed by atoms with Gasteiger partial charge in [0, 0.05) is 15.7 Å². The predicted molar refractivity (Wildman–Crippen MR) is 96.8 cm³/mol. The smallest absolute Gasteiger partial charge is 0.322 e. The SMILES string of the molecule is COC(=O)C(C(=O)OC)C(Nc1ccc(Cl)cc1)c1ccccc1Cl. The van der Waals surface area contributed by atoms with Crippen LogP contribution < -0.4 is 5.32 Å². The average molecular weight is 382 g/mol. The minimum Gasteiger partial charge on any atom is -0.468 e. The molecule has 132 valence electrons. The number of nitrogens with one attached hydrogen (secondary N) is 1. The number of anilines is 1. The molecule has 0 radical (unpaired) electrons. The third-order valence-corrected chi connectivity index (χ3v) is 4.25. The Kier molecular flexibility index (Phi) is 6.67. The summed E-state index contributed by atoms with van der Waals surface area (Å²) in [6.45, 7) is 0. The third-order valence-electron chi connectivity index (χ3n) is 3.65. The second-order valence-electron chi connectivity index (χ2n) is 5.17. The van der Waals surface area contributed by atoms with E-state index in [-0.39, 0.29) is 0 Å². The Balaban J connectivity index is 2.50. The highest BCUT2D eigenvalue weighted by atomic mass is 35.5. The van der Waals surface area contributed by atoms with Crippen LogP contribution in [-0.2, 0) is 19.1 Å². The van der Waals surface area contributed by atoms with Gasteiger partial charge in [0.2, 0.25) is 0 Å². The summed E-state index contributed by atoms with van der Waals surface area (Å²) in [5.74, 6) is -2.68. The number of benzene rings is 2. The van der Waals surface area contributed by atoms with Crippen molar-refractivity contribution in [2.75, 3.05) is 19.5 Å². The topological polar surface area (TPSA) is 64.6 Å². The summed E-state index contributed by atoms with van der Waals surface area (Å²) in [6.07, 6.45) is 0. The zero-order chi connectivity index (χ0) is 18.4. The van der Waals surface area contributed by atoms with Gasteiger partial charge in [0.15, 0.2) is 5.92 Å². The van der Waals surface area contributed by atoms with Gasteiger partial charge in [-0.15, -0.1) is 0 Å². The Hall–Kier alpha value is -2.24.